The highest BCUT2D eigenvalue weighted by molar-refractivity contribution is 5.73. The molecule has 2 rings (SSSR count). The number of halogens is 2. The van der Waals surface area contributed by atoms with E-state index >= 15 is 0 Å². The van der Waals surface area contributed by atoms with E-state index in [4.69, 9.17) is 10.8 Å². The number of benzene rings is 1. The third kappa shape index (κ3) is 3.22. The van der Waals surface area contributed by atoms with Gasteiger partial charge in [0.25, 0.3) is 0 Å². The van der Waals surface area contributed by atoms with Gasteiger partial charge in [-0.15, -0.1) is 0 Å². The Balaban J connectivity index is 2.02. The first-order valence-corrected chi connectivity index (χ1v) is 5.67. The number of aromatic hydroxyl groups is 1. The molecule has 1 heterocycles. The molecule has 0 unspecified atom stereocenters. The molecule has 0 spiro atoms. The number of hydrogen-bond donors (Lipinski definition) is 3. The Morgan fingerprint density at radius 2 is 2.05 bits per heavy atom. The van der Waals surface area contributed by atoms with Crippen LogP contribution in [0.4, 0.5) is 14.5 Å². The number of hydrogen-bond acceptors (Lipinski definition) is 4. The molecular formula is C12H12F2N4O2. The van der Waals surface area contributed by atoms with E-state index in [1.54, 1.807) is 0 Å². The van der Waals surface area contributed by atoms with Crippen LogP contribution in [-0.2, 0) is 17.9 Å². The molecule has 106 valence electrons. The number of phenolic OH excluding ortho intramolecular Hbond substituents is 1. The number of amides is 1. The zero-order valence-electron chi connectivity index (χ0n) is 10.3. The lowest BCUT2D eigenvalue weighted by Crippen LogP contribution is -2.18. The van der Waals surface area contributed by atoms with Gasteiger partial charge in [0.15, 0.2) is 17.4 Å². The minimum atomic E-state index is -1.02. The van der Waals surface area contributed by atoms with E-state index < -0.39 is 23.3 Å². The average Bonchev–Trinajstić information content (AvgIpc) is 2.80. The van der Waals surface area contributed by atoms with Crippen molar-refractivity contribution in [1.82, 2.24) is 9.78 Å². The molecule has 1 aromatic heterocycles. The molecule has 0 radical (unpaired) electrons. The lowest BCUT2D eigenvalue weighted by atomic mass is 10.2. The van der Waals surface area contributed by atoms with Gasteiger partial charge in [0.05, 0.1) is 11.9 Å². The molecule has 4 N–H and O–H groups in total. The van der Waals surface area contributed by atoms with Crippen LogP contribution in [-0.4, -0.2) is 20.8 Å². The molecule has 6 nitrogen and oxygen atoms in total. The van der Waals surface area contributed by atoms with Gasteiger partial charge in [-0.3, -0.25) is 9.48 Å². The highest BCUT2D eigenvalue weighted by Crippen LogP contribution is 2.21. The first-order chi connectivity index (χ1) is 9.45. The smallest absolute Gasteiger partial charge is 0.239 e. The van der Waals surface area contributed by atoms with Crippen molar-refractivity contribution in [2.24, 2.45) is 5.73 Å². The number of primary amides is 1. The number of nitrogens with zero attached hydrogens (tertiary/aromatic N) is 2. The maximum Gasteiger partial charge on any atom is 0.239 e. The minimum Gasteiger partial charge on any atom is -0.503 e. The van der Waals surface area contributed by atoms with E-state index in [2.05, 4.69) is 10.4 Å². The van der Waals surface area contributed by atoms with Crippen molar-refractivity contribution in [2.45, 2.75) is 13.1 Å². The van der Waals surface area contributed by atoms with Crippen LogP contribution >= 0.6 is 0 Å². The van der Waals surface area contributed by atoms with Crippen LogP contribution in [0.25, 0.3) is 0 Å². The summed E-state index contributed by atoms with van der Waals surface area (Å²) in [6, 6.07) is 2.05. The Morgan fingerprint density at radius 1 is 1.40 bits per heavy atom. The van der Waals surface area contributed by atoms with Gasteiger partial charge in [0.1, 0.15) is 6.54 Å². The van der Waals surface area contributed by atoms with Crippen LogP contribution in [0.5, 0.6) is 5.75 Å². The highest BCUT2D eigenvalue weighted by Gasteiger charge is 2.09. The Bertz CT molecular complexity index is 619. The fourth-order valence-electron chi connectivity index (χ4n) is 1.63. The first-order valence-electron chi connectivity index (χ1n) is 5.67. The molecule has 0 aliphatic carbocycles. The molecule has 0 aliphatic rings. The second-order valence-corrected chi connectivity index (χ2v) is 4.15. The summed E-state index contributed by atoms with van der Waals surface area (Å²) in [5.41, 5.74) is 5.91. The van der Waals surface area contributed by atoms with Crippen molar-refractivity contribution in [3.8, 4) is 5.75 Å². The Kier molecular flexibility index (Phi) is 3.83. The zero-order valence-corrected chi connectivity index (χ0v) is 10.3. The number of nitrogens with two attached hydrogens (primary N) is 1. The summed E-state index contributed by atoms with van der Waals surface area (Å²) >= 11 is 0. The van der Waals surface area contributed by atoms with Crippen LogP contribution < -0.4 is 11.1 Å². The quantitative estimate of drug-likeness (QED) is 0.761. The van der Waals surface area contributed by atoms with Crippen LogP contribution in [0.3, 0.4) is 0 Å². The van der Waals surface area contributed by atoms with Crippen LogP contribution in [0.15, 0.2) is 24.5 Å². The summed E-state index contributed by atoms with van der Waals surface area (Å²) in [5, 5.41) is 15.7. The van der Waals surface area contributed by atoms with Gasteiger partial charge >= 0.3 is 0 Å². The fourth-order valence-corrected chi connectivity index (χ4v) is 1.63. The molecule has 0 saturated carbocycles. The van der Waals surface area contributed by atoms with Gasteiger partial charge < -0.3 is 16.2 Å². The Morgan fingerprint density at radius 3 is 2.65 bits per heavy atom. The van der Waals surface area contributed by atoms with Gasteiger partial charge in [-0.05, 0) is 17.7 Å². The predicted molar refractivity (Wildman–Crippen MR) is 66.8 cm³/mol. The van der Waals surface area contributed by atoms with Crippen molar-refractivity contribution in [3.63, 3.8) is 0 Å². The number of nitrogens with one attached hydrogen (secondary N) is 1. The van der Waals surface area contributed by atoms with Crippen molar-refractivity contribution < 1.29 is 18.7 Å². The second kappa shape index (κ2) is 5.55. The number of carbonyl (C=O) groups is 1. The number of aromatic nitrogens is 2. The lowest BCUT2D eigenvalue weighted by Gasteiger charge is -2.05. The normalized spacial score (nSPS) is 10.5. The van der Waals surface area contributed by atoms with Crippen molar-refractivity contribution in [1.29, 1.82) is 0 Å². The van der Waals surface area contributed by atoms with Crippen LogP contribution in [0.2, 0.25) is 0 Å². The number of carbonyl (C=O) groups excluding carboxylic acids is 1. The zero-order chi connectivity index (χ0) is 14.7. The summed E-state index contributed by atoms with van der Waals surface area (Å²) in [7, 11) is 0. The third-order valence-electron chi connectivity index (χ3n) is 2.52. The van der Waals surface area contributed by atoms with Crippen molar-refractivity contribution in [2.75, 3.05) is 5.32 Å². The average molecular weight is 282 g/mol. The van der Waals surface area contributed by atoms with Gasteiger partial charge in [0.2, 0.25) is 5.91 Å². The molecule has 0 aliphatic heterocycles. The molecule has 0 atom stereocenters. The topological polar surface area (TPSA) is 93.2 Å². The van der Waals surface area contributed by atoms with E-state index in [0.717, 1.165) is 12.1 Å². The lowest BCUT2D eigenvalue weighted by molar-refractivity contribution is -0.118. The van der Waals surface area contributed by atoms with E-state index in [-0.39, 0.29) is 13.1 Å². The Hall–Kier alpha value is -2.64. The van der Waals surface area contributed by atoms with Crippen LogP contribution in [0.1, 0.15) is 5.56 Å². The molecule has 1 aromatic carbocycles. The molecular weight excluding hydrogens is 270 g/mol. The highest BCUT2D eigenvalue weighted by atomic mass is 19.1. The number of anilines is 1. The van der Waals surface area contributed by atoms with E-state index in [1.807, 2.05) is 0 Å². The summed E-state index contributed by atoms with van der Waals surface area (Å²) < 4.78 is 27.6. The molecule has 20 heavy (non-hydrogen) atoms. The van der Waals surface area contributed by atoms with E-state index in [0.29, 0.717) is 11.3 Å². The maximum absolute atomic E-state index is 13.1. The monoisotopic (exact) mass is 282 g/mol. The third-order valence-corrected chi connectivity index (χ3v) is 2.52. The minimum absolute atomic E-state index is 0.0514. The predicted octanol–water partition coefficient (Wildman–Crippen LogP) is 0.964. The molecule has 8 heteroatoms. The first kappa shape index (κ1) is 13.8. The molecule has 1 amide bonds. The summed E-state index contributed by atoms with van der Waals surface area (Å²) in [5.74, 6) is -3.57. The summed E-state index contributed by atoms with van der Waals surface area (Å²) in [4.78, 5) is 10.7. The SMILES string of the molecule is NC(=O)Cn1cc(NCc2cc(F)c(O)c(F)c2)cn1. The van der Waals surface area contributed by atoms with Crippen molar-refractivity contribution in [3.05, 3.63) is 41.7 Å². The van der Waals surface area contributed by atoms with Crippen LogP contribution in [0, 0.1) is 11.6 Å². The van der Waals surface area contributed by atoms with E-state index in [9.17, 15) is 13.6 Å². The summed E-state index contributed by atoms with van der Waals surface area (Å²) in [6.07, 6.45) is 2.99. The largest absolute Gasteiger partial charge is 0.503 e. The van der Waals surface area contributed by atoms with Gasteiger partial charge in [-0.2, -0.15) is 5.10 Å². The molecule has 2 aromatic rings. The number of rotatable bonds is 5. The molecule has 0 fully saturated rings. The second-order valence-electron chi connectivity index (χ2n) is 4.15. The molecule has 0 bridgehead atoms. The van der Waals surface area contributed by atoms with Gasteiger partial charge in [0, 0.05) is 12.7 Å². The standard InChI is InChI=1S/C12H12F2N4O2/c13-9-1-7(2-10(14)12(9)20)3-16-8-4-17-18(5-8)6-11(15)19/h1-2,4-5,16,20H,3,6H2,(H2,15,19). The fraction of sp³-hybridized carbons (Fsp3) is 0.167. The Labute approximate surface area is 112 Å². The van der Waals surface area contributed by atoms with Gasteiger partial charge in [-0.25, -0.2) is 8.78 Å². The van der Waals surface area contributed by atoms with Gasteiger partial charge in [-0.1, -0.05) is 0 Å². The maximum atomic E-state index is 13.1. The van der Waals surface area contributed by atoms with Crippen molar-refractivity contribution >= 4 is 11.6 Å². The molecule has 0 saturated heterocycles. The van der Waals surface area contributed by atoms with E-state index in [1.165, 1.54) is 17.1 Å². The summed E-state index contributed by atoms with van der Waals surface area (Å²) in [6.45, 7) is 0.0839. The number of phenols is 1.